The van der Waals surface area contributed by atoms with Crippen molar-refractivity contribution in [1.82, 2.24) is 21.1 Å². The van der Waals surface area contributed by atoms with Crippen molar-refractivity contribution < 1.29 is 18.9 Å². The number of benzene rings is 1. The Morgan fingerprint density at radius 1 is 1.19 bits per heavy atom. The van der Waals surface area contributed by atoms with Gasteiger partial charge in [-0.15, -0.1) is 0 Å². The van der Waals surface area contributed by atoms with Gasteiger partial charge in [-0.1, -0.05) is 35.5 Å². The van der Waals surface area contributed by atoms with Crippen LogP contribution < -0.4 is 21.7 Å². The van der Waals surface area contributed by atoms with Gasteiger partial charge < -0.3 is 26.2 Å². The topological polar surface area (TPSA) is 139 Å². The number of hydrogen-bond donors (Lipinski definition) is 4. The van der Waals surface area contributed by atoms with Gasteiger partial charge in [-0.2, -0.15) is 0 Å². The predicted octanol–water partition coefficient (Wildman–Crippen LogP) is 0.549. The molecule has 1 aliphatic rings. The highest BCUT2D eigenvalue weighted by molar-refractivity contribution is 5.96. The van der Waals surface area contributed by atoms with Gasteiger partial charge in [-0.3, -0.25) is 14.4 Å². The quantitative estimate of drug-likeness (QED) is 0.437. The second-order valence-corrected chi connectivity index (χ2v) is 7.80. The fourth-order valence-electron chi connectivity index (χ4n) is 3.61. The van der Waals surface area contributed by atoms with E-state index in [0.29, 0.717) is 18.1 Å². The lowest BCUT2D eigenvalue weighted by Crippen LogP contribution is -2.48. The number of nitrogens with zero attached hydrogens (tertiary/aromatic N) is 1. The molecule has 3 amide bonds. The number of hydrogen-bond acceptors (Lipinski definition) is 6. The molecule has 1 aromatic heterocycles. The van der Waals surface area contributed by atoms with Crippen molar-refractivity contribution in [2.24, 2.45) is 11.7 Å². The van der Waals surface area contributed by atoms with Crippen molar-refractivity contribution in [2.45, 2.75) is 38.1 Å². The van der Waals surface area contributed by atoms with Crippen molar-refractivity contribution in [2.75, 3.05) is 19.6 Å². The molecule has 0 aliphatic carbocycles. The molecule has 1 aliphatic heterocycles. The first-order valence-electron chi connectivity index (χ1n) is 10.6. The minimum Gasteiger partial charge on any atom is -0.370 e. The van der Waals surface area contributed by atoms with E-state index in [1.54, 1.807) is 6.07 Å². The Morgan fingerprint density at radius 3 is 2.65 bits per heavy atom. The lowest BCUT2D eigenvalue weighted by atomic mass is 9.93. The third-order valence-corrected chi connectivity index (χ3v) is 5.32. The number of nitrogens with two attached hydrogens (primary N) is 1. The number of primary amides is 1. The largest absolute Gasteiger partial charge is 0.370 e. The van der Waals surface area contributed by atoms with Crippen molar-refractivity contribution in [3.05, 3.63) is 53.4 Å². The van der Waals surface area contributed by atoms with Gasteiger partial charge >= 0.3 is 0 Å². The maximum Gasteiger partial charge on any atom is 0.274 e. The minimum atomic E-state index is -0.827. The van der Waals surface area contributed by atoms with E-state index < -0.39 is 23.8 Å². The van der Waals surface area contributed by atoms with Gasteiger partial charge in [0.1, 0.15) is 11.8 Å². The lowest BCUT2D eigenvalue weighted by Gasteiger charge is -2.21. The summed E-state index contributed by atoms with van der Waals surface area (Å²) in [5.74, 6) is -0.203. The van der Waals surface area contributed by atoms with Gasteiger partial charge in [-0.05, 0) is 37.4 Å². The Kier molecular flexibility index (Phi) is 8.17. The Morgan fingerprint density at radius 2 is 1.94 bits per heavy atom. The van der Waals surface area contributed by atoms with Gasteiger partial charge in [0.15, 0.2) is 5.69 Å². The number of amides is 3. The van der Waals surface area contributed by atoms with Gasteiger partial charge in [0, 0.05) is 31.9 Å². The zero-order valence-electron chi connectivity index (χ0n) is 17.4. The third kappa shape index (κ3) is 7.21. The van der Waals surface area contributed by atoms with Gasteiger partial charge in [0.25, 0.3) is 5.91 Å². The summed E-state index contributed by atoms with van der Waals surface area (Å²) in [5, 5.41) is 12.6. The van der Waals surface area contributed by atoms with Crippen LogP contribution >= 0.6 is 0 Å². The fourth-order valence-corrected chi connectivity index (χ4v) is 3.61. The fraction of sp³-hybridized carbons (Fsp3) is 0.455. The van der Waals surface area contributed by atoms with E-state index in [1.165, 1.54) is 0 Å². The highest BCUT2D eigenvalue weighted by Gasteiger charge is 2.24. The average Bonchev–Trinajstić information content (AvgIpc) is 3.23. The summed E-state index contributed by atoms with van der Waals surface area (Å²) in [6.07, 6.45) is 3.19. The van der Waals surface area contributed by atoms with Gasteiger partial charge in [-0.25, -0.2) is 0 Å². The zero-order chi connectivity index (χ0) is 22.1. The van der Waals surface area contributed by atoms with Crippen LogP contribution in [-0.2, 0) is 22.4 Å². The normalized spacial score (nSPS) is 15.2. The van der Waals surface area contributed by atoms with Crippen LogP contribution in [0, 0.1) is 5.92 Å². The van der Waals surface area contributed by atoms with Crippen LogP contribution in [0.5, 0.6) is 0 Å². The summed E-state index contributed by atoms with van der Waals surface area (Å²) in [6, 6.07) is 10.2. The molecule has 0 saturated carbocycles. The summed E-state index contributed by atoms with van der Waals surface area (Å²) in [7, 11) is 0. The summed E-state index contributed by atoms with van der Waals surface area (Å²) in [4.78, 5) is 36.3. The molecule has 1 aromatic carbocycles. The summed E-state index contributed by atoms with van der Waals surface area (Å²) in [5.41, 5.74) is 6.16. The molecule has 1 fully saturated rings. The molecular formula is C22H29N5O4. The number of aromatic nitrogens is 1. The smallest absolute Gasteiger partial charge is 0.274 e. The van der Waals surface area contributed by atoms with Crippen molar-refractivity contribution in [3.63, 3.8) is 0 Å². The first-order chi connectivity index (χ1) is 15.0. The number of piperidine rings is 1. The van der Waals surface area contributed by atoms with Crippen LogP contribution in [0.25, 0.3) is 0 Å². The molecule has 2 aromatic rings. The molecule has 9 nitrogen and oxygen atoms in total. The Bertz CT molecular complexity index is 877. The molecule has 1 unspecified atom stereocenters. The molecule has 31 heavy (non-hydrogen) atoms. The molecule has 9 heteroatoms. The van der Waals surface area contributed by atoms with Gasteiger partial charge in [0.05, 0.1) is 0 Å². The third-order valence-electron chi connectivity index (χ3n) is 5.32. The summed E-state index contributed by atoms with van der Waals surface area (Å²) < 4.78 is 5.36. The van der Waals surface area contributed by atoms with Crippen LogP contribution in [0.4, 0.5) is 0 Å². The van der Waals surface area contributed by atoms with Crippen LogP contribution in [0.2, 0.25) is 0 Å². The highest BCUT2D eigenvalue weighted by Crippen LogP contribution is 2.18. The molecule has 3 rings (SSSR count). The van der Waals surface area contributed by atoms with E-state index in [1.807, 2.05) is 30.3 Å². The molecule has 0 spiro atoms. The molecule has 5 N–H and O–H groups in total. The van der Waals surface area contributed by atoms with Crippen molar-refractivity contribution >= 4 is 17.7 Å². The highest BCUT2D eigenvalue weighted by atomic mass is 16.5. The van der Waals surface area contributed by atoms with E-state index in [2.05, 4.69) is 21.1 Å². The molecule has 2 heterocycles. The molecule has 0 radical (unpaired) electrons. The predicted molar refractivity (Wildman–Crippen MR) is 114 cm³/mol. The first kappa shape index (κ1) is 22.5. The number of nitrogens with one attached hydrogen (secondary N) is 3. The first-order valence-corrected chi connectivity index (χ1v) is 10.6. The maximum atomic E-state index is 12.7. The van der Waals surface area contributed by atoms with Gasteiger partial charge in [0.2, 0.25) is 11.8 Å². The van der Waals surface area contributed by atoms with Crippen LogP contribution in [-0.4, -0.2) is 48.6 Å². The van der Waals surface area contributed by atoms with Crippen LogP contribution in [0.1, 0.15) is 41.1 Å². The molecule has 0 bridgehead atoms. The number of rotatable bonds is 10. The summed E-state index contributed by atoms with van der Waals surface area (Å²) in [6.45, 7) is 2.08. The lowest BCUT2D eigenvalue weighted by molar-refractivity contribution is -0.123. The van der Waals surface area contributed by atoms with E-state index in [-0.39, 0.29) is 18.7 Å². The minimum absolute atomic E-state index is 0.0288. The van der Waals surface area contributed by atoms with Crippen molar-refractivity contribution in [1.29, 1.82) is 0 Å². The molecule has 166 valence electrons. The SMILES string of the molecule is NC(=O)CCNC(=O)C(Cc1ccccc1)NC(=O)c1cc(CC2CCNCC2)on1. The molecule has 1 atom stereocenters. The monoisotopic (exact) mass is 427 g/mol. The summed E-state index contributed by atoms with van der Waals surface area (Å²) >= 11 is 0. The maximum absolute atomic E-state index is 12.7. The van der Waals surface area contributed by atoms with E-state index in [0.717, 1.165) is 37.9 Å². The Labute approximate surface area is 181 Å². The Hall–Kier alpha value is -3.20. The average molecular weight is 428 g/mol. The zero-order valence-corrected chi connectivity index (χ0v) is 17.4. The van der Waals surface area contributed by atoms with E-state index in [4.69, 9.17) is 10.3 Å². The second-order valence-electron chi connectivity index (χ2n) is 7.80. The van der Waals surface area contributed by atoms with E-state index in [9.17, 15) is 14.4 Å². The molecular weight excluding hydrogens is 398 g/mol. The Balaban J connectivity index is 1.62. The van der Waals surface area contributed by atoms with E-state index >= 15 is 0 Å². The number of carbonyl (C=O) groups excluding carboxylic acids is 3. The standard InChI is InChI=1S/C22H29N5O4/c23-20(28)8-11-25-21(29)18(13-15-4-2-1-3-5-15)26-22(30)19-14-17(31-27-19)12-16-6-9-24-10-7-16/h1-5,14,16,18,24H,6-13H2,(H2,23,28)(H,25,29)(H,26,30). The molecule has 1 saturated heterocycles. The van der Waals surface area contributed by atoms with Crippen molar-refractivity contribution in [3.8, 4) is 0 Å². The van der Waals surface area contributed by atoms with Crippen LogP contribution in [0.15, 0.2) is 40.9 Å². The number of carbonyl (C=O) groups is 3. The van der Waals surface area contributed by atoms with Crippen LogP contribution in [0.3, 0.4) is 0 Å². The second kappa shape index (κ2) is 11.3.